The second-order valence-corrected chi connectivity index (χ2v) is 10.1. The van der Waals surface area contributed by atoms with Crippen molar-refractivity contribution in [1.82, 2.24) is 0 Å². The summed E-state index contributed by atoms with van der Waals surface area (Å²) in [6.07, 6.45) is 30.9. The molecule has 0 saturated carbocycles. The minimum atomic E-state index is -0.835. The lowest BCUT2D eigenvalue weighted by Gasteiger charge is -2.12. The van der Waals surface area contributed by atoms with Crippen molar-refractivity contribution < 1.29 is 34.4 Å². The smallest absolute Gasteiger partial charge is 0.311 e. The normalized spacial score (nSPS) is 12.4. The van der Waals surface area contributed by atoms with Crippen LogP contribution in [0.5, 0.6) is 28.7 Å². The molecule has 3 aromatic rings. The largest absolute Gasteiger partial charge is 0.508 e. The molecule has 0 bridgehead atoms. The van der Waals surface area contributed by atoms with Crippen molar-refractivity contribution in [3.05, 3.63) is 113 Å². The number of benzene rings is 2. The Morgan fingerprint density at radius 2 is 1.27 bits per heavy atom. The van der Waals surface area contributed by atoms with Gasteiger partial charge in [0, 0.05) is 24.1 Å². The van der Waals surface area contributed by atoms with Crippen molar-refractivity contribution in [2.75, 3.05) is 0 Å². The van der Waals surface area contributed by atoms with Crippen LogP contribution in [-0.4, -0.2) is 26.4 Å². The predicted molar refractivity (Wildman–Crippen MR) is 178 cm³/mol. The first-order chi connectivity index (χ1) is 21.8. The lowest BCUT2D eigenvalue weighted by Crippen LogP contribution is -2.16. The zero-order valence-corrected chi connectivity index (χ0v) is 25.4. The topological polar surface area (TPSA) is 137 Å². The molecule has 0 aliphatic heterocycles. The molecule has 3 rings (SSSR count). The first kappa shape index (κ1) is 34.3. The molecule has 0 aliphatic carbocycles. The van der Waals surface area contributed by atoms with E-state index >= 15 is 0 Å². The van der Waals surface area contributed by atoms with Crippen LogP contribution in [0.4, 0.5) is 0 Å². The second kappa shape index (κ2) is 18.4. The zero-order valence-electron chi connectivity index (χ0n) is 25.4. The summed E-state index contributed by atoms with van der Waals surface area (Å²) >= 11 is 0. The van der Waals surface area contributed by atoms with Gasteiger partial charge in [0.15, 0.2) is 17.3 Å². The van der Waals surface area contributed by atoms with Gasteiger partial charge in [-0.15, -0.1) is 0 Å². The van der Waals surface area contributed by atoms with Crippen LogP contribution in [0.2, 0.25) is 0 Å². The van der Waals surface area contributed by atoms with E-state index in [-0.39, 0.29) is 34.5 Å². The van der Waals surface area contributed by atoms with Crippen LogP contribution in [-0.2, 0) is 4.79 Å². The third kappa shape index (κ3) is 11.1. The van der Waals surface area contributed by atoms with Crippen LogP contribution in [0.25, 0.3) is 22.3 Å². The molecule has 0 spiro atoms. The summed E-state index contributed by atoms with van der Waals surface area (Å²) in [5.74, 6) is -3.17. The number of carbonyl (C=O) groups is 1. The number of allylic oxidation sites excluding steroid dienone is 12. The van der Waals surface area contributed by atoms with Crippen LogP contribution in [0.1, 0.15) is 58.3 Å². The van der Waals surface area contributed by atoms with Gasteiger partial charge in [0.05, 0.1) is 0 Å². The standard InChI is InChI=1S/C37H40O8/c1-2-3-4-5-6-7-8-9-10-11-12-13-14-15-16-17-18-19-20-21-33(42)45-37-35(43)34-31(41)25-28(38)26-32(34)44-36(37)27-22-23-29(39)30(40)24-27/h3-4,6-7,9-10,12-13,15-16,18-19,22-26,38-41H,2,5,8,11,14,17,20-21H2,1H3. The molecule has 0 saturated heterocycles. The summed E-state index contributed by atoms with van der Waals surface area (Å²) in [6, 6.07) is 5.78. The molecule has 0 aliphatic rings. The van der Waals surface area contributed by atoms with Gasteiger partial charge >= 0.3 is 5.97 Å². The molecule has 0 radical (unpaired) electrons. The van der Waals surface area contributed by atoms with Crippen molar-refractivity contribution in [3.63, 3.8) is 0 Å². The number of ether oxygens (including phenoxy) is 1. The summed E-state index contributed by atoms with van der Waals surface area (Å²) in [5, 5.41) is 39.4. The highest BCUT2D eigenvalue weighted by Gasteiger charge is 2.23. The number of hydrogen-bond donors (Lipinski definition) is 4. The molecule has 2 aromatic carbocycles. The van der Waals surface area contributed by atoms with Crippen molar-refractivity contribution in [2.24, 2.45) is 0 Å². The van der Waals surface area contributed by atoms with Gasteiger partial charge in [-0.2, -0.15) is 0 Å². The Morgan fingerprint density at radius 3 is 1.82 bits per heavy atom. The second-order valence-electron chi connectivity index (χ2n) is 10.1. The molecule has 0 fully saturated rings. The molecule has 45 heavy (non-hydrogen) atoms. The number of aromatic hydroxyl groups is 4. The van der Waals surface area contributed by atoms with E-state index in [9.17, 15) is 30.0 Å². The highest BCUT2D eigenvalue weighted by Crippen LogP contribution is 2.38. The number of esters is 1. The quantitative estimate of drug-likeness (QED) is 0.0716. The maximum Gasteiger partial charge on any atom is 0.311 e. The number of fused-ring (bicyclic) bond motifs is 1. The summed E-state index contributed by atoms with van der Waals surface area (Å²) in [5.41, 5.74) is -0.858. The van der Waals surface area contributed by atoms with Gasteiger partial charge in [0.2, 0.25) is 11.2 Å². The van der Waals surface area contributed by atoms with Gasteiger partial charge in [-0.05, 0) is 63.1 Å². The van der Waals surface area contributed by atoms with Gasteiger partial charge < -0.3 is 29.6 Å². The van der Waals surface area contributed by atoms with Crippen LogP contribution >= 0.6 is 0 Å². The molecule has 4 N–H and O–H groups in total. The van der Waals surface area contributed by atoms with E-state index in [4.69, 9.17) is 9.15 Å². The number of phenolic OH excluding ortho intramolecular Hbond substituents is 4. The van der Waals surface area contributed by atoms with Crippen LogP contribution in [0, 0.1) is 0 Å². The van der Waals surface area contributed by atoms with E-state index < -0.39 is 34.4 Å². The average Bonchev–Trinajstić information content (AvgIpc) is 3.00. The zero-order chi connectivity index (χ0) is 32.4. The first-order valence-corrected chi connectivity index (χ1v) is 15.0. The minimum absolute atomic E-state index is 0.0263. The molecule has 8 heteroatoms. The van der Waals surface area contributed by atoms with Gasteiger partial charge in [0.1, 0.15) is 22.5 Å². The SMILES string of the molecule is CCC=CCC=CCC=CCC=CCC=CCC=CCCC(=O)Oc1c(-c2ccc(O)c(O)c2)oc2cc(O)cc(O)c2c1=O. The minimum Gasteiger partial charge on any atom is -0.508 e. The van der Waals surface area contributed by atoms with Crippen molar-refractivity contribution >= 4 is 16.9 Å². The van der Waals surface area contributed by atoms with Crippen LogP contribution < -0.4 is 10.2 Å². The van der Waals surface area contributed by atoms with E-state index in [1.165, 1.54) is 12.1 Å². The molecule has 0 unspecified atom stereocenters. The number of hydrogen-bond acceptors (Lipinski definition) is 8. The lowest BCUT2D eigenvalue weighted by molar-refractivity contribution is -0.134. The van der Waals surface area contributed by atoms with Gasteiger partial charge in [-0.1, -0.05) is 79.8 Å². The summed E-state index contributed by atoms with van der Waals surface area (Å²) in [4.78, 5) is 25.9. The van der Waals surface area contributed by atoms with Crippen LogP contribution in [0.3, 0.4) is 0 Å². The highest BCUT2D eigenvalue weighted by molar-refractivity contribution is 5.89. The number of rotatable bonds is 16. The Morgan fingerprint density at radius 1 is 0.711 bits per heavy atom. The van der Waals surface area contributed by atoms with Gasteiger partial charge in [-0.3, -0.25) is 9.59 Å². The van der Waals surface area contributed by atoms with Gasteiger partial charge in [-0.25, -0.2) is 0 Å². The molecular formula is C37H40O8. The van der Waals surface area contributed by atoms with E-state index in [2.05, 4.69) is 61.6 Å². The fourth-order valence-electron chi connectivity index (χ4n) is 4.22. The predicted octanol–water partition coefficient (Wildman–Crippen LogP) is 8.67. The Balaban J connectivity index is 1.49. The molecule has 0 amide bonds. The average molecular weight is 613 g/mol. The summed E-state index contributed by atoms with van der Waals surface area (Å²) in [6.45, 7) is 2.13. The first-order valence-electron chi connectivity index (χ1n) is 15.0. The molecule has 1 aromatic heterocycles. The third-order valence-electron chi connectivity index (χ3n) is 6.48. The van der Waals surface area contributed by atoms with Crippen molar-refractivity contribution in [2.45, 2.75) is 58.3 Å². The molecule has 236 valence electrons. The molecule has 1 heterocycles. The third-order valence-corrected chi connectivity index (χ3v) is 6.48. The summed E-state index contributed by atoms with van der Waals surface area (Å²) < 4.78 is 11.1. The molecular weight excluding hydrogens is 572 g/mol. The Labute approximate surface area is 262 Å². The molecule has 0 atom stereocenters. The Hall–Kier alpha value is -5.24. The van der Waals surface area contributed by atoms with E-state index in [1.54, 1.807) is 0 Å². The fourth-order valence-corrected chi connectivity index (χ4v) is 4.22. The lowest BCUT2D eigenvalue weighted by atomic mass is 10.1. The van der Waals surface area contributed by atoms with E-state index in [1.807, 2.05) is 18.2 Å². The monoisotopic (exact) mass is 612 g/mol. The summed E-state index contributed by atoms with van der Waals surface area (Å²) in [7, 11) is 0. The number of phenols is 4. The molecule has 8 nitrogen and oxygen atoms in total. The van der Waals surface area contributed by atoms with E-state index in [0.29, 0.717) is 12.8 Å². The maximum atomic E-state index is 13.3. The van der Waals surface area contributed by atoms with Crippen LogP contribution in [0.15, 0.2) is 112 Å². The number of carbonyl (C=O) groups excluding carboxylic acids is 1. The van der Waals surface area contributed by atoms with Crippen molar-refractivity contribution in [3.8, 4) is 40.1 Å². The van der Waals surface area contributed by atoms with E-state index in [0.717, 1.165) is 50.3 Å². The van der Waals surface area contributed by atoms with Gasteiger partial charge in [0.25, 0.3) is 0 Å². The highest BCUT2D eigenvalue weighted by atomic mass is 16.5. The Bertz CT molecular complexity index is 1670. The Kier molecular flexibility index (Phi) is 14.0. The maximum absolute atomic E-state index is 13.3. The fraction of sp³-hybridized carbons (Fsp3) is 0.243. The van der Waals surface area contributed by atoms with Crippen molar-refractivity contribution in [1.29, 1.82) is 0 Å².